The monoisotopic (exact) mass is 842 g/mol. The number of methoxy groups -OCH3 is 4. The number of allylic oxidation sites excluding steroid dienone is 1. The molecule has 1 amide bonds. The predicted molar refractivity (Wildman–Crippen MR) is 239 cm³/mol. The first-order valence-corrected chi connectivity index (χ1v) is 22.7. The number of carbonyl (C=O) groups excluding carboxylic acids is 1. The van der Waals surface area contributed by atoms with E-state index in [1.807, 2.05) is 0 Å². The second-order valence-corrected chi connectivity index (χ2v) is 17.7. The molecular weight excluding hydrogens is 781 g/mol. The molecule has 1 saturated heterocycles. The quantitative estimate of drug-likeness (QED) is 0.110. The van der Waals surface area contributed by atoms with Gasteiger partial charge >= 0.3 is 0 Å². The minimum Gasteiger partial charge on any atom is -0.493 e. The number of hydrogen-bond acceptors (Lipinski definition) is 9. The molecule has 4 heterocycles. The number of aliphatic hydroxyl groups excluding tert-OH is 1. The van der Waals surface area contributed by atoms with Crippen LogP contribution in [0.4, 0.5) is 0 Å². The Kier molecular flexibility index (Phi) is 12.5. The minimum atomic E-state index is -0.599. The average molecular weight is 843 g/mol. The largest absolute Gasteiger partial charge is 0.493 e. The van der Waals surface area contributed by atoms with Gasteiger partial charge in [-0.3, -0.25) is 9.69 Å². The molecule has 10 heteroatoms. The standard InChI is InChI=1S/C52H62N2O8/c1-6-32-31-53-18-16-34-25-46(57-2)48(59-4)29-41(34)44(53)23-36(32)24-45-42-30-49(60-5)47(58-3)26-35(42)17-19-54(45)52(56)50-27-37(28-51(62-50)61-21-10-9-20-55)39-14-11-15-40-38-13-8-7-12-33(38)22-43(39)40/h7-8,11-15,25-27,29-30,32,36-37,44-45,51,55H,6,9-10,16-24,28,31H2,1-5H3. The summed E-state index contributed by atoms with van der Waals surface area (Å²) in [5.41, 5.74) is 11.3. The highest BCUT2D eigenvalue weighted by Gasteiger charge is 2.44. The summed E-state index contributed by atoms with van der Waals surface area (Å²) in [5, 5.41) is 9.49. The van der Waals surface area contributed by atoms with E-state index >= 15 is 4.79 Å². The van der Waals surface area contributed by atoms with Gasteiger partial charge in [0, 0.05) is 44.6 Å². The van der Waals surface area contributed by atoms with Crippen molar-refractivity contribution in [3.63, 3.8) is 0 Å². The summed E-state index contributed by atoms with van der Waals surface area (Å²) >= 11 is 0. The highest BCUT2D eigenvalue weighted by atomic mass is 16.7. The third-order valence-corrected chi connectivity index (χ3v) is 14.5. The van der Waals surface area contributed by atoms with Gasteiger partial charge in [0.1, 0.15) is 0 Å². The van der Waals surface area contributed by atoms with Crippen LogP contribution in [-0.4, -0.2) is 88.4 Å². The summed E-state index contributed by atoms with van der Waals surface area (Å²) in [6.07, 6.45) is 8.81. The Morgan fingerprint density at radius 1 is 0.758 bits per heavy atom. The second kappa shape index (κ2) is 18.4. The van der Waals surface area contributed by atoms with Gasteiger partial charge in [-0.15, -0.1) is 0 Å². The van der Waals surface area contributed by atoms with Crippen molar-refractivity contribution in [2.45, 2.75) is 89.0 Å². The van der Waals surface area contributed by atoms with Gasteiger partial charge in [-0.1, -0.05) is 55.8 Å². The van der Waals surface area contributed by atoms with E-state index in [1.165, 1.54) is 44.5 Å². The number of hydrogen-bond donors (Lipinski definition) is 1. The first-order valence-electron chi connectivity index (χ1n) is 22.7. The number of piperidine rings is 1. The fourth-order valence-corrected chi connectivity index (χ4v) is 11.3. The van der Waals surface area contributed by atoms with Gasteiger partial charge in [-0.2, -0.15) is 0 Å². The summed E-state index contributed by atoms with van der Waals surface area (Å²) in [6.45, 7) is 5.44. The maximum Gasteiger partial charge on any atom is 0.289 e. The third-order valence-electron chi connectivity index (χ3n) is 14.5. The normalized spacial score (nSPS) is 23.8. The van der Waals surface area contributed by atoms with Crippen molar-refractivity contribution in [3.8, 4) is 34.1 Å². The fraction of sp³-hybridized carbons (Fsp3) is 0.481. The van der Waals surface area contributed by atoms with Crippen molar-refractivity contribution in [2.75, 3.05) is 61.3 Å². The first kappa shape index (κ1) is 42.3. The van der Waals surface area contributed by atoms with Gasteiger partial charge in [0.05, 0.1) is 41.1 Å². The van der Waals surface area contributed by atoms with Gasteiger partial charge in [-0.25, -0.2) is 0 Å². The molecule has 5 aliphatic rings. The van der Waals surface area contributed by atoms with Crippen LogP contribution in [0.1, 0.15) is 102 Å². The Balaban J connectivity index is 1.07. The molecule has 0 bridgehead atoms. The van der Waals surface area contributed by atoms with Crippen LogP contribution in [0.2, 0.25) is 0 Å². The van der Waals surface area contributed by atoms with Gasteiger partial charge in [0.25, 0.3) is 5.91 Å². The highest BCUT2D eigenvalue weighted by Crippen LogP contribution is 2.50. The Labute approximate surface area is 366 Å². The summed E-state index contributed by atoms with van der Waals surface area (Å²) in [6, 6.07) is 23.8. The fourth-order valence-electron chi connectivity index (χ4n) is 11.3. The van der Waals surface area contributed by atoms with E-state index in [0.29, 0.717) is 67.9 Å². The molecule has 6 atom stereocenters. The molecule has 4 aliphatic heterocycles. The van der Waals surface area contributed by atoms with Gasteiger partial charge in [0.15, 0.2) is 28.8 Å². The number of benzene rings is 4. The molecule has 0 radical (unpaired) electrons. The topological polar surface area (TPSA) is 99.2 Å². The Bertz CT molecular complexity index is 2310. The average Bonchev–Trinajstić information content (AvgIpc) is 3.70. The molecule has 1 aliphatic carbocycles. The van der Waals surface area contributed by atoms with Crippen molar-refractivity contribution in [3.05, 3.63) is 118 Å². The maximum atomic E-state index is 15.4. The van der Waals surface area contributed by atoms with E-state index < -0.39 is 6.29 Å². The van der Waals surface area contributed by atoms with E-state index in [9.17, 15) is 5.11 Å². The van der Waals surface area contributed by atoms with Gasteiger partial charge in [-0.05, 0) is 137 Å². The van der Waals surface area contributed by atoms with Crippen LogP contribution in [0.15, 0.2) is 78.6 Å². The lowest BCUT2D eigenvalue weighted by molar-refractivity contribution is -0.155. The van der Waals surface area contributed by atoms with Crippen LogP contribution in [0, 0.1) is 11.8 Å². The van der Waals surface area contributed by atoms with Crippen LogP contribution in [0.25, 0.3) is 11.1 Å². The zero-order valence-corrected chi connectivity index (χ0v) is 37.0. The zero-order valence-electron chi connectivity index (χ0n) is 37.0. The maximum absolute atomic E-state index is 15.4. The van der Waals surface area contributed by atoms with Crippen LogP contribution in [0.3, 0.4) is 0 Å². The molecule has 0 saturated carbocycles. The molecule has 1 fully saturated rings. The van der Waals surface area contributed by atoms with E-state index in [0.717, 1.165) is 62.3 Å². The smallest absolute Gasteiger partial charge is 0.289 e. The Hall–Kier alpha value is -5.03. The molecule has 9 rings (SSSR count). The summed E-state index contributed by atoms with van der Waals surface area (Å²) < 4.78 is 36.3. The zero-order chi connectivity index (χ0) is 42.9. The molecule has 62 heavy (non-hydrogen) atoms. The van der Waals surface area contributed by atoms with E-state index in [2.05, 4.69) is 89.5 Å². The van der Waals surface area contributed by atoms with Crippen molar-refractivity contribution >= 4 is 5.91 Å². The number of aliphatic hydroxyl groups is 1. The lowest BCUT2D eigenvalue weighted by Gasteiger charge is -2.49. The lowest BCUT2D eigenvalue weighted by Crippen LogP contribution is -2.48. The number of carbonyl (C=O) groups is 1. The molecule has 328 valence electrons. The number of rotatable bonds is 14. The number of ether oxygens (including phenoxy) is 6. The summed E-state index contributed by atoms with van der Waals surface area (Å²) in [5.74, 6) is 3.87. The third kappa shape index (κ3) is 7.94. The molecule has 4 aromatic rings. The van der Waals surface area contributed by atoms with Crippen molar-refractivity contribution in [2.24, 2.45) is 11.8 Å². The summed E-state index contributed by atoms with van der Waals surface area (Å²) in [4.78, 5) is 20.2. The van der Waals surface area contributed by atoms with Gasteiger partial charge < -0.3 is 38.4 Å². The van der Waals surface area contributed by atoms with Crippen molar-refractivity contribution in [1.82, 2.24) is 9.80 Å². The first-order chi connectivity index (χ1) is 30.4. The predicted octanol–water partition coefficient (Wildman–Crippen LogP) is 8.96. The number of amides is 1. The van der Waals surface area contributed by atoms with Crippen molar-refractivity contribution < 1.29 is 38.3 Å². The van der Waals surface area contributed by atoms with E-state index in [4.69, 9.17) is 28.4 Å². The molecular formula is C52H62N2O8. The molecule has 6 unspecified atom stereocenters. The summed E-state index contributed by atoms with van der Waals surface area (Å²) in [7, 11) is 6.77. The number of fused-ring (bicyclic) bond motifs is 7. The SMILES string of the molecule is CCC1CN2CCc3cc(OC)c(OC)cc3C2CC1CC1c2cc(OC)c(OC)cc2CCN1C(=O)C1=CC(c2cccc3c2Cc2ccccc2-3)CC(OCCCCO)O1. The molecule has 0 spiro atoms. The number of unbranched alkanes of at least 4 members (excludes halogenated alkanes) is 1. The van der Waals surface area contributed by atoms with Gasteiger partial charge in [0.2, 0.25) is 6.29 Å². The second-order valence-electron chi connectivity index (χ2n) is 17.7. The lowest BCUT2D eigenvalue weighted by atomic mass is 9.72. The molecule has 10 nitrogen and oxygen atoms in total. The van der Waals surface area contributed by atoms with Crippen molar-refractivity contribution in [1.29, 1.82) is 0 Å². The van der Waals surface area contributed by atoms with Crippen LogP contribution >= 0.6 is 0 Å². The van der Waals surface area contributed by atoms with E-state index in [-0.39, 0.29) is 30.5 Å². The molecule has 0 aromatic heterocycles. The highest BCUT2D eigenvalue weighted by molar-refractivity contribution is 5.92. The number of nitrogens with zero attached hydrogens (tertiary/aromatic N) is 2. The van der Waals surface area contributed by atoms with Crippen LogP contribution in [-0.2, 0) is 33.5 Å². The minimum absolute atomic E-state index is 0.0783. The van der Waals surface area contributed by atoms with E-state index in [1.54, 1.807) is 28.4 Å². The Morgan fingerprint density at radius 2 is 1.45 bits per heavy atom. The Morgan fingerprint density at radius 3 is 2.19 bits per heavy atom. The molecule has 4 aromatic carbocycles. The van der Waals surface area contributed by atoms with Crippen LogP contribution in [0.5, 0.6) is 23.0 Å². The van der Waals surface area contributed by atoms with Crippen LogP contribution < -0.4 is 18.9 Å². The molecule has 1 N–H and O–H groups in total.